The summed E-state index contributed by atoms with van der Waals surface area (Å²) in [5, 5.41) is 15.3. The number of ether oxygens (including phenoxy) is 1. The number of carboxylic acids is 1. The Labute approximate surface area is 535 Å². The number of nitrogens with one attached hydrogen (secondary N) is 2. The van der Waals surface area contributed by atoms with Crippen LogP contribution in [0, 0.1) is 76.6 Å². The minimum absolute atomic E-state index is 0.00996. The number of pyridine rings is 2. The van der Waals surface area contributed by atoms with Crippen molar-refractivity contribution in [1.82, 2.24) is 29.6 Å². The zero-order valence-electron chi connectivity index (χ0n) is 54.7. The van der Waals surface area contributed by atoms with Crippen LogP contribution in [0.15, 0.2) is 94.8 Å². The maximum absolute atomic E-state index is 15.9. The third-order valence-corrected chi connectivity index (χ3v) is 17.2. The van der Waals surface area contributed by atoms with E-state index in [-0.39, 0.29) is 54.4 Å². The van der Waals surface area contributed by atoms with Gasteiger partial charge in [-0.2, -0.15) is 0 Å². The highest BCUT2D eigenvalue weighted by atomic mass is 19.2. The molecule has 20 heteroatoms. The highest BCUT2D eigenvalue weighted by Crippen LogP contribution is 2.36. The van der Waals surface area contributed by atoms with Gasteiger partial charge >= 0.3 is 11.9 Å². The molecule has 0 radical (unpaired) electrons. The Hall–Kier alpha value is -7.84. The molecule has 6 aromatic rings. The van der Waals surface area contributed by atoms with Crippen molar-refractivity contribution in [2.24, 2.45) is 11.8 Å². The average Bonchev–Trinajstić information content (AvgIpc) is 0.832. The number of rotatable bonds is 25. The van der Waals surface area contributed by atoms with E-state index in [2.05, 4.69) is 10.6 Å². The normalized spacial score (nSPS) is 16.5. The van der Waals surface area contributed by atoms with Gasteiger partial charge in [-0.3, -0.25) is 28.8 Å². The number of esters is 1. The predicted molar refractivity (Wildman–Crippen MR) is 345 cm³/mol. The molecule has 2 saturated heterocycles. The number of alkyl halides is 2. The van der Waals surface area contributed by atoms with Gasteiger partial charge in [0, 0.05) is 62.8 Å². The van der Waals surface area contributed by atoms with Crippen molar-refractivity contribution in [1.29, 1.82) is 0 Å². The summed E-state index contributed by atoms with van der Waals surface area (Å²) < 4.78 is 96.4. The van der Waals surface area contributed by atoms with Crippen LogP contribution in [0.4, 0.5) is 26.3 Å². The topological polar surface area (TPSA) is 172 Å². The molecular formula is C72H88F6N6O8. The van der Waals surface area contributed by atoms with E-state index in [4.69, 9.17) is 4.74 Å². The number of amides is 2. The van der Waals surface area contributed by atoms with Gasteiger partial charge in [0.25, 0.3) is 11.1 Å². The molecule has 2 fully saturated rings. The molecule has 2 aliphatic heterocycles. The summed E-state index contributed by atoms with van der Waals surface area (Å²) in [6, 6.07) is 15.9. The molecule has 0 bridgehead atoms. The van der Waals surface area contributed by atoms with E-state index in [1.54, 1.807) is 45.0 Å². The highest BCUT2D eigenvalue weighted by Gasteiger charge is 2.33. The zero-order valence-corrected chi connectivity index (χ0v) is 54.7. The highest BCUT2D eigenvalue weighted by molar-refractivity contribution is 5.83. The fourth-order valence-corrected chi connectivity index (χ4v) is 12.6. The van der Waals surface area contributed by atoms with Crippen molar-refractivity contribution in [2.45, 2.75) is 164 Å². The number of aliphatic carboxylic acids is 1. The van der Waals surface area contributed by atoms with Crippen LogP contribution in [0.5, 0.6) is 0 Å². The van der Waals surface area contributed by atoms with Gasteiger partial charge in [-0.15, -0.1) is 0 Å². The van der Waals surface area contributed by atoms with Crippen molar-refractivity contribution in [3.05, 3.63) is 185 Å². The molecule has 92 heavy (non-hydrogen) atoms. The smallest absolute Gasteiger partial charge is 0.308 e. The van der Waals surface area contributed by atoms with Crippen LogP contribution >= 0.6 is 0 Å². The van der Waals surface area contributed by atoms with Crippen LogP contribution < -0.4 is 21.8 Å². The minimum atomic E-state index is -1.26. The van der Waals surface area contributed by atoms with E-state index >= 15 is 13.2 Å². The first kappa shape index (κ1) is 71.6. The number of aromatic nitrogens is 2. The second-order valence-corrected chi connectivity index (χ2v) is 25.6. The van der Waals surface area contributed by atoms with E-state index in [0.29, 0.717) is 87.2 Å². The van der Waals surface area contributed by atoms with Gasteiger partial charge in [-0.25, -0.2) is 26.3 Å². The Morgan fingerprint density at radius 1 is 0.576 bits per heavy atom. The number of hydrogen-bond acceptors (Lipinski definition) is 9. The lowest BCUT2D eigenvalue weighted by Gasteiger charge is -2.27. The molecule has 6 atom stereocenters. The Morgan fingerprint density at radius 3 is 1.29 bits per heavy atom. The van der Waals surface area contributed by atoms with Crippen LogP contribution in [0.25, 0.3) is 22.3 Å². The van der Waals surface area contributed by atoms with Gasteiger partial charge in [-0.05, 0) is 202 Å². The lowest BCUT2D eigenvalue weighted by Crippen LogP contribution is -2.41. The van der Waals surface area contributed by atoms with Crippen LogP contribution in [0.2, 0.25) is 0 Å². The number of carbonyl (C=O) groups is 4. The van der Waals surface area contributed by atoms with Gasteiger partial charge in [0.05, 0.1) is 31.5 Å². The number of likely N-dealkylation sites (tertiary alicyclic amines) is 2. The number of carboxylic acid groups (broad SMARTS) is 1. The molecule has 4 aromatic carbocycles. The van der Waals surface area contributed by atoms with Gasteiger partial charge in [0.2, 0.25) is 11.8 Å². The Balaban J connectivity index is 0.000000261. The predicted octanol–water partition coefficient (Wildman–Crippen LogP) is 12.9. The standard InChI is InChI=1S/C37H46F3N3O4.C35H42F3N3O4/c1-7-47-33(44)19-31(29-18-27(16-25(6)35(29)40)34-23(4)9-8-10-24(34)5)41-36(45)32(15-22(2)3)43-20-26(17-30(39)37(43)46)11-13-42-14-12-28(38)21-42;1-20(2)13-30(41-18-24(15-28(37)35(41)45)9-11-40-12-10-26(36)19-40)34(44)39-29(17-31(42)43)27-16-25(14-23(5)33(27)38)32-21(3)7-6-8-22(32)4/h8-10,16-18,20,22,28,31-32H,7,11-15,19,21H2,1-6H3,(H,41,45);6-8,14-16,18,20,26,29-30H,9-13,17,19H2,1-5H3,(H,39,44)(H,42,43)/t28-,31+,32?;26-,29+,30?/m11/s1. The number of benzene rings is 4. The number of hydrogen-bond donors (Lipinski definition) is 3. The SMILES string of the molecule is CCOC(=O)C[C@H](NC(=O)C(CC(C)C)n1cc(CCN2CC[C@@H](F)C2)cc(F)c1=O)c1cc(-c2c(C)cccc2C)cc(C)c1F.Cc1cc(-c2c(C)cccc2C)cc([C@H](CC(=O)O)NC(=O)C(CC(C)C)n2cc(CCN3CC[C@@H](F)C3)cc(F)c2=O)c1F. The van der Waals surface area contributed by atoms with Crippen LogP contribution in [0.3, 0.4) is 0 Å². The average molecular weight is 1280 g/mol. The molecule has 0 spiro atoms. The molecule has 496 valence electrons. The summed E-state index contributed by atoms with van der Waals surface area (Å²) >= 11 is 0. The largest absolute Gasteiger partial charge is 0.481 e. The second-order valence-electron chi connectivity index (χ2n) is 25.6. The first-order valence-electron chi connectivity index (χ1n) is 31.8. The molecule has 2 amide bonds. The third-order valence-electron chi connectivity index (χ3n) is 17.2. The lowest BCUT2D eigenvalue weighted by atomic mass is 9.90. The fourth-order valence-electron chi connectivity index (χ4n) is 12.6. The molecule has 3 N–H and O–H groups in total. The van der Waals surface area contributed by atoms with Crippen LogP contribution in [-0.4, -0.2) is 106 Å². The molecule has 4 heterocycles. The van der Waals surface area contributed by atoms with E-state index in [1.807, 2.05) is 102 Å². The van der Waals surface area contributed by atoms with E-state index < -0.39 is 101 Å². The van der Waals surface area contributed by atoms with Crippen molar-refractivity contribution in [2.75, 3.05) is 45.9 Å². The Bertz CT molecular complexity index is 3720. The van der Waals surface area contributed by atoms with E-state index in [9.17, 15) is 47.0 Å². The summed E-state index contributed by atoms with van der Waals surface area (Å²) in [5.74, 6) is -6.67. The van der Waals surface area contributed by atoms with Gasteiger partial charge in [0.1, 0.15) is 36.1 Å². The number of carbonyl (C=O) groups excluding carboxylic acids is 3. The second kappa shape index (κ2) is 32.1. The van der Waals surface area contributed by atoms with E-state index in [1.165, 1.54) is 12.4 Å². The first-order chi connectivity index (χ1) is 43.5. The van der Waals surface area contributed by atoms with E-state index in [0.717, 1.165) is 60.2 Å². The monoisotopic (exact) mass is 1280 g/mol. The molecule has 14 nitrogen and oxygen atoms in total. The molecule has 2 aliphatic rings. The van der Waals surface area contributed by atoms with Crippen LogP contribution in [0.1, 0.15) is 153 Å². The maximum atomic E-state index is 15.9. The number of aryl methyl sites for hydroxylation is 6. The summed E-state index contributed by atoms with van der Waals surface area (Å²) in [6.45, 7) is 22.9. The molecule has 0 saturated carbocycles. The van der Waals surface area contributed by atoms with Gasteiger partial charge in [0.15, 0.2) is 11.6 Å². The number of nitrogens with zero attached hydrogens (tertiary/aromatic N) is 4. The summed E-state index contributed by atoms with van der Waals surface area (Å²) in [7, 11) is 0. The molecule has 2 aromatic heterocycles. The minimum Gasteiger partial charge on any atom is -0.481 e. The summed E-state index contributed by atoms with van der Waals surface area (Å²) in [5.41, 5.74) is 6.88. The summed E-state index contributed by atoms with van der Waals surface area (Å²) in [6.07, 6.45) is 2.10. The lowest BCUT2D eigenvalue weighted by molar-refractivity contribution is -0.144. The third kappa shape index (κ3) is 18.5. The van der Waals surface area contributed by atoms with Crippen molar-refractivity contribution in [3.63, 3.8) is 0 Å². The molecule has 2 unspecified atom stereocenters. The van der Waals surface area contributed by atoms with Crippen molar-refractivity contribution < 1.29 is 55.4 Å². The molecular weight excluding hydrogens is 1190 g/mol. The number of halogens is 6. The summed E-state index contributed by atoms with van der Waals surface area (Å²) in [4.78, 5) is 82.9. The Kier molecular flexibility index (Phi) is 25.0. The quantitative estimate of drug-likeness (QED) is 0.0370. The Morgan fingerprint density at radius 2 is 0.957 bits per heavy atom. The van der Waals surface area contributed by atoms with Crippen molar-refractivity contribution in [3.8, 4) is 22.3 Å². The van der Waals surface area contributed by atoms with Gasteiger partial charge in [-0.1, -0.05) is 64.1 Å². The molecule has 8 rings (SSSR count). The fraction of sp³-hybridized carbons (Fsp3) is 0.472. The van der Waals surface area contributed by atoms with Crippen molar-refractivity contribution >= 4 is 23.8 Å². The maximum Gasteiger partial charge on any atom is 0.308 e. The molecule has 0 aliphatic carbocycles. The van der Waals surface area contributed by atoms with Gasteiger partial charge < -0.3 is 39.4 Å². The zero-order chi connectivity index (χ0) is 67.4. The first-order valence-corrected chi connectivity index (χ1v) is 31.8. The van der Waals surface area contributed by atoms with Crippen LogP contribution in [-0.2, 0) is 36.8 Å².